The summed E-state index contributed by atoms with van der Waals surface area (Å²) in [5.74, 6) is 3.91. The van der Waals surface area contributed by atoms with Crippen LogP contribution in [-0.2, 0) is 10.9 Å². The number of carbonyl (C=O) groups excluding carboxylic acids is 1. The second-order valence-corrected chi connectivity index (χ2v) is 9.87. The minimum absolute atomic E-state index is 0.0363. The summed E-state index contributed by atoms with van der Waals surface area (Å²) >= 11 is 0. The minimum Gasteiger partial charge on any atom is -0.457 e. The van der Waals surface area contributed by atoms with Gasteiger partial charge in [0.15, 0.2) is 5.25 Å². The number of ketones is 1. The molecular weight excluding hydrogens is 328 g/mol. The van der Waals surface area contributed by atoms with Gasteiger partial charge in [0.2, 0.25) is 5.78 Å². The Kier molecular flexibility index (Phi) is 6.71. The molecule has 2 nitrogen and oxygen atoms in total. The molecule has 0 N–H and O–H groups in total. The molecule has 0 aromatic heterocycles. The molecule has 3 heteroatoms. The van der Waals surface area contributed by atoms with Crippen molar-refractivity contribution >= 4 is 16.7 Å². The van der Waals surface area contributed by atoms with Crippen molar-refractivity contribution in [1.82, 2.24) is 0 Å². The summed E-state index contributed by atoms with van der Waals surface area (Å²) in [6.07, 6.45) is 0. The smallest absolute Gasteiger partial charge is 0.215 e. The van der Waals surface area contributed by atoms with E-state index in [2.05, 4.69) is 34.6 Å². The normalized spacial score (nSPS) is 12.9. The molecule has 0 amide bonds. The molecule has 0 aliphatic carbocycles. The largest absolute Gasteiger partial charge is 0.457 e. The van der Waals surface area contributed by atoms with E-state index in [1.165, 1.54) is 0 Å². The van der Waals surface area contributed by atoms with E-state index in [1.807, 2.05) is 54.6 Å². The van der Waals surface area contributed by atoms with Gasteiger partial charge in [-0.15, -0.1) is 0 Å². The van der Waals surface area contributed by atoms with Crippen molar-refractivity contribution in [2.24, 2.45) is 5.41 Å². The average molecular weight is 358 g/mol. The summed E-state index contributed by atoms with van der Waals surface area (Å²) in [6, 6.07) is 17.2. The van der Waals surface area contributed by atoms with Gasteiger partial charge in [0.25, 0.3) is 0 Å². The van der Waals surface area contributed by atoms with Crippen molar-refractivity contribution in [3.63, 3.8) is 0 Å². The van der Waals surface area contributed by atoms with Gasteiger partial charge >= 0.3 is 0 Å². The Morgan fingerprint density at radius 3 is 1.92 bits per heavy atom. The second kappa shape index (κ2) is 8.57. The molecule has 0 fully saturated rings. The molecule has 0 heterocycles. The highest BCUT2D eigenvalue weighted by Gasteiger charge is 2.43. The molecule has 0 aliphatic heterocycles. The molecule has 0 spiro atoms. The van der Waals surface area contributed by atoms with E-state index in [4.69, 9.17) is 4.74 Å². The van der Waals surface area contributed by atoms with Gasteiger partial charge in [-0.05, 0) is 61.1 Å². The predicted octanol–water partition coefficient (Wildman–Crippen LogP) is 5.73. The molecule has 2 aromatic rings. The number of ether oxygens (including phenoxy) is 1. The summed E-state index contributed by atoms with van der Waals surface area (Å²) in [6.45, 7) is 10.9. The zero-order valence-corrected chi connectivity index (χ0v) is 16.7. The fourth-order valence-corrected chi connectivity index (χ4v) is 5.56. The maximum atomic E-state index is 13.2. The van der Waals surface area contributed by atoms with E-state index in [0.29, 0.717) is 0 Å². The topological polar surface area (TPSA) is 26.3 Å². The molecular formula is C22H29O2S+. The van der Waals surface area contributed by atoms with Crippen LogP contribution in [0.2, 0.25) is 0 Å². The number of benzene rings is 2. The Labute approximate surface area is 155 Å². The Bertz CT molecular complexity index is 667. The van der Waals surface area contributed by atoms with Gasteiger partial charge in [-0.1, -0.05) is 39.0 Å². The molecule has 0 saturated carbocycles. The molecule has 2 aromatic carbocycles. The molecule has 2 rings (SSSR count). The number of rotatable bonds is 7. The maximum Gasteiger partial charge on any atom is 0.215 e. The van der Waals surface area contributed by atoms with Gasteiger partial charge in [-0.3, -0.25) is 4.79 Å². The number of hydrogen-bond acceptors (Lipinski definition) is 2. The van der Waals surface area contributed by atoms with Crippen LogP contribution in [0.1, 0.15) is 45.0 Å². The molecule has 1 atom stereocenters. The highest BCUT2D eigenvalue weighted by molar-refractivity contribution is 7.98. The van der Waals surface area contributed by atoms with Crippen LogP contribution >= 0.6 is 0 Å². The molecule has 134 valence electrons. The van der Waals surface area contributed by atoms with Crippen LogP contribution in [-0.4, -0.2) is 22.5 Å². The predicted molar refractivity (Wildman–Crippen MR) is 109 cm³/mol. The molecule has 25 heavy (non-hydrogen) atoms. The molecule has 0 aliphatic rings. The summed E-state index contributed by atoms with van der Waals surface area (Å²) < 4.78 is 5.82. The number of carbonyl (C=O) groups is 1. The number of para-hydroxylation sites is 1. The van der Waals surface area contributed by atoms with Crippen molar-refractivity contribution < 1.29 is 9.53 Å². The van der Waals surface area contributed by atoms with E-state index in [9.17, 15) is 4.79 Å². The van der Waals surface area contributed by atoms with E-state index in [0.717, 1.165) is 28.6 Å². The van der Waals surface area contributed by atoms with Gasteiger partial charge < -0.3 is 4.74 Å². The van der Waals surface area contributed by atoms with Crippen LogP contribution in [0.3, 0.4) is 0 Å². The molecule has 0 bridgehead atoms. The van der Waals surface area contributed by atoms with Gasteiger partial charge in [0, 0.05) is 11.0 Å². The summed E-state index contributed by atoms with van der Waals surface area (Å²) in [5.41, 5.74) is 0.741. The van der Waals surface area contributed by atoms with Crippen LogP contribution in [0.5, 0.6) is 11.5 Å². The first-order valence-electron chi connectivity index (χ1n) is 8.90. The third-order valence-electron chi connectivity index (χ3n) is 4.22. The van der Waals surface area contributed by atoms with Crippen LogP contribution < -0.4 is 4.74 Å². The summed E-state index contributed by atoms with van der Waals surface area (Å²) in [4.78, 5) is 13.2. The first-order chi connectivity index (χ1) is 11.9. The lowest BCUT2D eigenvalue weighted by molar-refractivity contribution is 0.0949. The van der Waals surface area contributed by atoms with E-state index in [-0.39, 0.29) is 27.3 Å². The van der Waals surface area contributed by atoms with Gasteiger partial charge in [0.1, 0.15) is 23.0 Å². The van der Waals surface area contributed by atoms with E-state index in [1.54, 1.807) is 0 Å². The SMILES string of the molecule is CC[S+](CC)C(C(=O)c1ccc(Oc2ccccc2)cc1)C(C)(C)C. The lowest BCUT2D eigenvalue weighted by atomic mass is 9.87. The fourth-order valence-electron chi connectivity index (χ4n) is 3.05. The van der Waals surface area contributed by atoms with Crippen molar-refractivity contribution in [3.8, 4) is 11.5 Å². The van der Waals surface area contributed by atoms with Crippen molar-refractivity contribution in [3.05, 3.63) is 60.2 Å². The van der Waals surface area contributed by atoms with Crippen LogP contribution in [0.15, 0.2) is 54.6 Å². The van der Waals surface area contributed by atoms with Crippen LogP contribution in [0.25, 0.3) is 0 Å². The third-order valence-corrected chi connectivity index (χ3v) is 7.29. The van der Waals surface area contributed by atoms with Gasteiger partial charge in [0.05, 0.1) is 0 Å². The minimum atomic E-state index is -0.0363. The fraction of sp³-hybridized carbons (Fsp3) is 0.409. The molecule has 1 unspecified atom stereocenters. The van der Waals surface area contributed by atoms with E-state index < -0.39 is 0 Å². The molecule has 0 radical (unpaired) electrons. The number of Topliss-reactive ketones (excluding diaryl/α,β-unsaturated/α-hetero) is 1. The van der Waals surface area contributed by atoms with Crippen molar-refractivity contribution in [2.45, 2.75) is 39.9 Å². The maximum absolute atomic E-state index is 13.2. The second-order valence-electron chi connectivity index (χ2n) is 7.16. The van der Waals surface area contributed by atoms with Crippen molar-refractivity contribution in [1.29, 1.82) is 0 Å². The number of hydrogen-bond donors (Lipinski definition) is 0. The highest BCUT2D eigenvalue weighted by atomic mass is 32.2. The molecule has 0 saturated heterocycles. The van der Waals surface area contributed by atoms with Crippen LogP contribution in [0, 0.1) is 5.41 Å². The Morgan fingerprint density at radius 1 is 0.920 bits per heavy atom. The zero-order chi connectivity index (χ0) is 18.4. The lowest BCUT2D eigenvalue weighted by Gasteiger charge is -2.28. The highest BCUT2D eigenvalue weighted by Crippen LogP contribution is 2.31. The lowest BCUT2D eigenvalue weighted by Crippen LogP contribution is -2.43. The van der Waals surface area contributed by atoms with E-state index >= 15 is 0 Å². The Balaban J connectivity index is 2.20. The Hall–Kier alpha value is -1.74. The Morgan fingerprint density at radius 2 is 1.44 bits per heavy atom. The van der Waals surface area contributed by atoms with Gasteiger partial charge in [-0.2, -0.15) is 0 Å². The quantitative estimate of drug-likeness (QED) is 0.467. The average Bonchev–Trinajstić information content (AvgIpc) is 2.59. The standard InChI is InChI=1S/C22H29O2S/c1-6-25(7-2)21(22(3,4)5)20(23)17-13-15-19(16-14-17)24-18-11-9-8-10-12-18/h8-16,21H,6-7H2,1-5H3/q+1. The zero-order valence-electron chi connectivity index (χ0n) is 15.9. The first kappa shape index (κ1) is 19.6. The summed E-state index contributed by atoms with van der Waals surface area (Å²) in [7, 11) is 0.106. The first-order valence-corrected chi connectivity index (χ1v) is 10.5. The van der Waals surface area contributed by atoms with Crippen LogP contribution in [0.4, 0.5) is 0 Å². The monoisotopic (exact) mass is 357 g/mol. The summed E-state index contributed by atoms with van der Waals surface area (Å²) in [5, 5.41) is 0.0587. The van der Waals surface area contributed by atoms with Gasteiger partial charge in [-0.25, -0.2) is 0 Å². The van der Waals surface area contributed by atoms with Crippen molar-refractivity contribution in [2.75, 3.05) is 11.5 Å². The third kappa shape index (κ3) is 5.12.